The molecule has 0 spiro atoms. The van der Waals surface area contributed by atoms with Crippen molar-refractivity contribution in [1.29, 1.82) is 0 Å². The van der Waals surface area contributed by atoms with Gasteiger partial charge in [0.05, 0.1) is 13.2 Å². The number of esters is 2. The maximum Gasteiger partial charge on any atom is 0.395 e. The van der Waals surface area contributed by atoms with Crippen molar-refractivity contribution in [3.63, 3.8) is 0 Å². The van der Waals surface area contributed by atoms with Crippen LogP contribution in [0.3, 0.4) is 0 Å². The third-order valence-electron chi connectivity index (χ3n) is 3.45. The second kappa shape index (κ2) is 15.1. The Kier molecular flexibility index (Phi) is 13.8. The lowest BCUT2D eigenvalue weighted by molar-refractivity contribution is -0.189. The average Bonchev–Trinajstić information content (AvgIpc) is 2.80. The summed E-state index contributed by atoms with van der Waals surface area (Å²) >= 11 is 1.84. The third kappa shape index (κ3) is 11.6. The molecule has 6 nitrogen and oxygen atoms in total. The van der Waals surface area contributed by atoms with Crippen LogP contribution in [0.2, 0.25) is 0 Å². The lowest BCUT2D eigenvalue weighted by Gasteiger charge is -2.20. The quantitative estimate of drug-likeness (QED) is 0.232. The summed E-state index contributed by atoms with van der Waals surface area (Å²) in [4.78, 5) is 27.5. The first-order chi connectivity index (χ1) is 15.4. The Morgan fingerprint density at radius 1 is 0.909 bits per heavy atom. The topological polar surface area (TPSA) is 89.9 Å². The van der Waals surface area contributed by atoms with Gasteiger partial charge in [0.1, 0.15) is 6.29 Å². The molecule has 182 valence electrons. The smallest absolute Gasteiger partial charge is 0.395 e. The Morgan fingerprint density at radius 2 is 1.33 bits per heavy atom. The first kappa shape index (κ1) is 30.2. The number of rotatable bonds is 7. The highest BCUT2D eigenvalue weighted by molar-refractivity contribution is 9.10. The summed E-state index contributed by atoms with van der Waals surface area (Å²) in [6.45, 7) is 2.68. The zero-order valence-electron chi connectivity index (χ0n) is 17.7. The molecule has 0 saturated heterocycles. The van der Waals surface area contributed by atoms with Crippen LogP contribution in [0.15, 0.2) is 60.7 Å². The van der Waals surface area contributed by atoms with Gasteiger partial charge in [-0.15, -0.1) is 0 Å². The van der Waals surface area contributed by atoms with Crippen LogP contribution in [0, 0.1) is 0 Å². The predicted octanol–water partition coefficient (Wildman–Crippen LogP) is 4.95. The van der Waals surface area contributed by atoms with Crippen molar-refractivity contribution in [2.24, 2.45) is 0 Å². The number of aldehydes is 1. The van der Waals surface area contributed by atoms with E-state index in [9.17, 15) is 37.1 Å². The van der Waals surface area contributed by atoms with Crippen molar-refractivity contribution in [3.8, 4) is 0 Å². The van der Waals surface area contributed by atoms with Crippen LogP contribution in [0.1, 0.15) is 35.9 Å². The minimum Gasteiger partial charge on any atom is -0.461 e. The number of hydrogen-bond acceptors (Lipinski definition) is 6. The van der Waals surface area contributed by atoms with E-state index in [1.165, 1.54) is 38.1 Å². The van der Waals surface area contributed by atoms with E-state index < -0.39 is 28.8 Å². The van der Waals surface area contributed by atoms with Crippen LogP contribution in [0.5, 0.6) is 0 Å². The van der Waals surface area contributed by atoms with Crippen molar-refractivity contribution in [2.75, 3.05) is 13.2 Å². The van der Waals surface area contributed by atoms with Gasteiger partial charge in [0.25, 0.3) is 0 Å². The third-order valence-corrected chi connectivity index (χ3v) is 3.77. The molecule has 1 atom stereocenters. The number of carbonyl (C=O) groups is 3. The first-order valence-corrected chi connectivity index (χ1v) is 10.2. The molecule has 0 heterocycles. The summed E-state index contributed by atoms with van der Waals surface area (Å²) in [6.07, 6.45) is -1.35. The summed E-state index contributed by atoms with van der Waals surface area (Å²) in [5, 5.41) is 9.39. The van der Waals surface area contributed by atoms with Crippen molar-refractivity contribution < 1.29 is 46.5 Å². The van der Waals surface area contributed by atoms with Crippen LogP contribution in [0.4, 0.5) is 17.6 Å². The minimum absolute atomic E-state index is 0.0273. The van der Waals surface area contributed by atoms with Gasteiger partial charge < -0.3 is 14.6 Å². The molecule has 0 aliphatic carbocycles. The Labute approximate surface area is 196 Å². The molecule has 0 aliphatic rings. The molecular weight excluding hydrogens is 516 g/mol. The summed E-state index contributed by atoms with van der Waals surface area (Å²) < 4.78 is 58.4. The standard InChI is InChI=1S/C11H12F2O3.C7H6O.C4H5BrF2O2/c1-2-16-10(15)11(12,13)9(14)8-6-4-3-5-7-8;8-6-7-4-2-1-3-5-7;1-2-9-3(8)4(5,6)7/h3-7,9,14H,2H2,1H3;1-6H;2H2,1H3. The lowest BCUT2D eigenvalue weighted by atomic mass is 10.0. The van der Waals surface area contributed by atoms with Gasteiger partial charge in [0.15, 0.2) is 6.10 Å². The molecule has 2 rings (SSSR count). The number of ether oxygens (including phenoxy) is 2. The second-order valence-corrected chi connectivity index (χ2v) is 6.90. The Morgan fingerprint density at radius 3 is 1.67 bits per heavy atom. The molecule has 11 heteroatoms. The molecular formula is C22H23BrF4O6. The van der Waals surface area contributed by atoms with E-state index in [4.69, 9.17) is 0 Å². The predicted molar refractivity (Wildman–Crippen MR) is 115 cm³/mol. The van der Waals surface area contributed by atoms with Crippen LogP contribution in [0.25, 0.3) is 0 Å². The van der Waals surface area contributed by atoms with E-state index in [0.29, 0.717) is 0 Å². The molecule has 0 bridgehead atoms. The van der Waals surface area contributed by atoms with E-state index in [1.807, 2.05) is 34.1 Å². The SMILES string of the molecule is CCOC(=O)C(F)(F)Br.CCOC(=O)C(F)(F)C(O)c1ccccc1.O=Cc1ccccc1. The highest BCUT2D eigenvalue weighted by Gasteiger charge is 2.48. The van der Waals surface area contributed by atoms with Crippen LogP contribution in [-0.2, 0) is 19.1 Å². The van der Waals surface area contributed by atoms with E-state index >= 15 is 0 Å². The summed E-state index contributed by atoms with van der Waals surface area (Å²) in [6, 6.07) is 16.4. The number of aliphatic hydroxyl groups is 1. The zero-order valence-corrected chi connectivity index (χ0v) is 19.3. The Balaban J connectivity index is 0.000000510. The molecule has 2 aromatic carbocycles. The molecule has 0 amide bonds. The molecule has 0 radical (unpaired) electrons. The Hall–Kier alpha value is -2.79. The Bertz CT molecular complexity index is 845. The number of alkyl halides is 5. The van der Waals surface area contributed by atoms with Crippen molar-refractivity contribution in [3.05, 3.63) is 71.8 Å². The minimum atomic E-state index is -3.93. The molecule has 1 N–H and O–H groups in total. The number of carbonyl (C=O) groups excluding carboxylic acids is 3. The maximum absolute atomic E-state index is 13.4. The summed E-state index contributed by atoms with van der Waals surface area (Å²) in [7, 11) is 0. The van der Waals surface area contributed by atoms with Crippen LogP contribution >= 0.6 is 15.9 Å². The van der Waals surface area contributed by atoms with Gasteiger partial charge in [-0.25, -0.2) is 9.59 Å². The lowest BCUT2D eigenvalue weighted by Crippen LogP contribution is -2.37. The molecule has 0 saturated carbocycles. The van der Waals surface area contributed by atoms with Gasteiger partial charge in [-0.05, 0) is 19.4 Å². The second-order valence-electron chi connectivity index (χ2n) is 5.90. The molecule has 33 heavy (non-hydrogen) atoms. The van der Waals surface area contributed by atoms with Gasteiger partial charge in [0, 0.05) is 21.5 Å². The molecule has 0 aromatic heterocycles. The van der Waals surface area contributed by atoms with Gasteiger partial charge in [-0.2, -0.15) is 17.6 Å². The van der Waals surface area contributed by atoms with Gasteiger partial charge in [-0.3, -0.25) is 4.79 Å². The van der Waals surface area contributed by atoms with Gasteiger partial charge in [0.2, 0.25) is 0 Å². The van der Waals surface area contributed by atoms with Gasteiger partial charge >= 0.3 is 22.7 Å². The average molecular weight is 539 g/mol. The van der Waals surface area contributed by atoms with E-state index in [2.05, 4.69) is 9.47 Å². The zero-order chi connectivity index (χ0) is 25.5. The molecule has 2 aromatic rings. The monoisotopic (exact) mass is 538 g/mol. The fourth-order valence-electron chi connectivity index (χ4n) is 1.93. The molecule has 0 aliphatic heterocycles. The van der Waals surface area contributed by atoms with E-state index in [1.54, 1.807) is 18.2 Å². The fraction of sp³-hybridized carbons (Fsp3) is 0.318. The first-order valence-electron chi connectivity index (χ1n) is 9.43. The van der Waals surface area contributed by atoms with E-state index in [-0.39, 0.29) is 18.8 Å². The summed E-state index contributed by atoms with van der Waals surface area (Å²) in [5.41, 5.74) is 0.702. The molecule has 0 fully saturated rings. The highest BCUT2D eigenvalue weighted by Crippen LogP contribution is 2.32. The highest BCUT2D eigenvalue weighted by atomic mass is 79.9. The van der Waals surface area contributed by atoms with Crippen LogP contribution < -0.4 is 0 Å². The van der Waals surface area contributed by atoms with Crippen LogP contribution in [-0.4, -0.2) is 47.3 Å². The number of hydrogen-bond donors (Lipinski definition) is 1. The maximum atomic E-state index is 13.4. The number of benzene rings is 2. The largest absolute Gasteiger partial charge is 0.461 e. The van der Waals surface area contributed by atoms with E-state index in [0.717, 1.165) is 11.8 Å². The summed E-state index contributed by atoms with van der Waals surface area (Å²) in [5.74, 6) is -7.20. The molecule has 1 unspecified atom stereocenters. The number of aliphatic hydroxyl groups excluding tert-OH is 1. The van der Waals surface area contributed by atoms with Crippen molar-refractivity contribution in [2.45, 2.75) is 30.7 Å². The fourth-order valence-corrected chi connectivity index (χ4v) is 2.04. The normalized spacial score (nSPS) is 11.5. The number of halogens is 5. The van der Waals surface area contributed by atoms with Crippen molar-refractivity contribution >= 4 is 34.2 Å². The van der Waals surface area contributed by atoms with Gasteiger partial charge in [-0.1, -0.05) is 60.7 Å². The van der Waals surface area contributed by atoms with Crippen molar-refractivity contribution in [1.82, 2.24) is 0 Å².